The predicted octanol–water partition coefficient (Wildman–Crippen LogP) is 4.10. The van der Waals surface area contributed by atoms with Gasteiger partial charge in [-0.05, 0) is 11.1 Å². The Morgan fingerprint density at radius 2 is 1.89 bits per heavy atom. The van der Waals surface area contributed by atoms with Crippen molar-refractivity contribution in [1.82, 2.24) is 0 Å². The fourth-order valence-electron chi connectivity index (χ4n) is 2.86. The first-order chi connectivity index (χ1) is 8.95. The third-order valence-electron chi connectivity index (χ3n) is 3.57. The molecule has 0 radical (unpaired) electrons. The van der Waals surface area contributed by atoms with Gasteiger partial charge in [0.2, 0.25) is 0 Å². The zero-order valence-electron chi connectivity index (χ0n) is 11.5. The van der Waals surface area contributed by atoms with Gasteiger partial charge < -0.3 is 0 Å². The van der Waals surface area contributed by atoms with Crippen LogP contribution in [0.1, 0.15) is 22.2 Å². The van der Waals surface area contributed by atoms with Crippen molar-refractivity contribution >= 4 is 19.7 Å². The molecule has 94 valence electrons. The number of hydrogen-bond acceptors (Lipinski definition) is 2. The number of nitriles is 2. The highest BCUT2D eigenvalue weighted by Gasteiger charge is 2.40. The van der Waals surface area contributed by atoms with Crippen LogP contribution in [-0.4, -0.2) is 8.07 Å². The maximum atomic E-state index is 9.47. The summed E-state index contributed by atoms with van der Waals surface area (Å²) >= 11 is 0. The Hall–Kier alpha value is -2.10. The molecule has 1 aliphatic rings. The molecule has 1 aliphatic carbocycles. The SMILES string of the molecule is C=Cc1cccc2c1C(C#N)=C(C#N)C2[Si](C)(C)C. The molecule has 0 saturated carbocycles. The molecule has 0 bridgehead atoms. The summed E-state index contributed by atoms with van der Waals surface area (Å²) < 4.78 is 0. The normalized spacial score (nSPS) is 17.6. The average molecular weight is 264 g/mol. The van der Waals surface area contributed by atoms with Crippen LogP contribution in [0.15, 0.2) is 30.4 Å². The van der Waals surface area contributed by atoms with Crippen molar-refractivity contribution in [3.05, 3.63) is 47.0 Å². The minimum atomic E-state index is -1.62. The molecular formula is C16H16N2Si. The fourth-order valence-corrected chi connectivity index (χ4v) is 5.11. The summed E-state index contributed by atoms with van der Waals surface area (Å²) in [4.78, 5) is 0. The van der Waals surface area contributed by atoms with E-state index in [1.807, 2.05) is 18.2 Å². The maximum Gasteiger partial charge on any atom is 0.101 e. The molecule has 2 nitrogen and oxygen atoms in total. The molecular weight excluding hydrogens is 248 g/mol. The summed E-state index contributed by atoms with van der Waals surface area (Å²) in [5.41, 5.74) is 4.30. The van der Waals surface area contributed by atoms with E-state index in [-0.39, 0.29) is 5.54 Å². The van der Waals surface area contributed by atoms with Crippen molar-refractivity contribution in [2.45, 2.75) is 25.2 Å². The second-order valence-electron chi connectivity index (χ2n) is 5.83. The molecule has 1 aromatic carbocycles. The Morgan fingerprint density at radius 3 is 2.37 bits per heavy atom. The van der Waals surface area contributed by atoms with Gasteiger partial charge in [-0.1, -0.05) is 50.5 Å². The predicted molar refractivity (Wildman–Crippen MR) is 80.8 cm³/mol. The van der Waals surface area contributed by atoms with Crippen molar-refractivity contribution in [2.75, 3.05) is 0 Å². The van der Waals surface area contributed by atoms with Crippen LogP contribution < -0.4 is 0 Å². The van der Waals surface area contributed by atoms with Gasteiger partial charge in [-0.2, -0.15) is 10.5 Å². The Kier molecular flexibility index (Phi) is 3.18. The van der Waals surface area contributed by atoms with Crippen LogP contribution in [-0.2, 0) is 0 Å². The fraction of sp³-hybridized carbons (Fsp3) is 0.250. The summed E-state index contributed by atoms with van der Waals surface area (Å²) in [7, 11) is -1.62. The van der Waals surface area contributed by atoms with Crippen LogP contribution in [0.25, 0.3) is 11.6 Å². The average Bonchev–Trinajstić information content (AvgIpc) is 2.71. The smallest absolute Gasteiger partial charge is 0.101 e. The van der Waals surface area contributed by atoms with Crippen LogP contribution >= 0.6 is 0 Å². The van der Waals surface area contributed by atoms with E-state index >= 15 is 0 Å². The molecule has 1 aromatic rings. The minimum Gasteiger partial charge on any atom is -0.193 e. The molecule has 1 atom stereocenters. The first-order valence-corrected chi connectivity index (χ1v) is 9.83. The topological polar surface area (TPSA) is 47.6 Å². The van der Waals surface area contributed by atoms with Crippen molar-refractivity contribution in [1.29, 1.82) is 10.5 Å². The summed E-state index contributed by atoms with van der Waals surface area (Å²) in [5.74, 6) is 0. The van der Waals surface area contributed by atoms with Gasteiger partial charge in [0.05, 0.1) is 25.3 Å². The lowest BCUT2D eigenvalue weighted by molar-refractivity contribution is 1.11. The van der Waals surface area contributed by atoms with Crippen LogP contribution in [0.2, 0.25) is 19.6 Å². The van der Waals surface area contributed by atoms with Gasteiger partial charge in [-0.25, -0.2) is 0 Å². The highest BCUT2D eigenvalue weighted by molar-refractivity contribution is 6.78. The number of nitrogens with zero attached hydrogens (tertiary/aromatic N) is 2. The van der Waals surface area contributed by atoms with E-state index in [1.165, 1.54) is 0 Å². The summed E-state index contributed by atoms with van der Waals surface area (Å²) in [6.07, 6.45) is 1.76. The van der Waals surface area contributed by atoms with Gasteiger partial charge in [0.25, 0.3) is 0 Å². The summed E-state index contributed by atoms with van der Waals surface area (Å²) in [6, 6.07) is 10.5. The Labute approximate surface area is 115 Å². The summed E-state index contributed by atoms with van der Waals surface area (Å²) in [6.45, 7) is 10.5. The van der Waals surface area contributed by atoms with Gasteiger partial charge in [0.1, 0.15) is 6.07 Å². The van der Waals surface area contributed by atoms with Crippen molar-refractivity contribution in [3.8, 4) is 12.1 Å². The molecule has 0 saturated heterocycles. The highest BCUT2D eigenvalue weighted by Crippen LogP contribution is 2.47. The number of benzene rings is 1. The van der Waals surface area contributed by atoms with E-state index in [9.17, 15) is 10.5 Å². The molecule has 0 heterocycles. The molecule has 0 aromatic heterocycles. The second kappa shape index (κ2) is 4.53. The minimum absolute atomic E-state index is 0.113. The lowest BCUT2D eigenvalue weighted by atomic mass is 9.99. The molecule has 0 amide bonds. The molecule has 0 aliphatic heterocycles. The van der Waals surface area contributed by atoms with E-state index in [1.54, 1.807) is 6.08 Å². The third-order valence-corrected chi connectivity index (χ3v) is 5.90. The van der Waals surface area contributed by atoms with Crippen LogP contribution in [0.5, 0.6) is 0 Å². The second-order valence-corrected chi connectivity index (χ2v) is 11.1. The zero-order valence-corrected chi connectivity index (χ0v) is 12.5. The van der Waals surface area contributed by atoms with Gasteiger partial charge in [0.15, 0.2) is 0 Å². The van der Waals surface area contributed by atoms with Gasteiger partial charge in [-0.3, -0.25) is 0 Å². The maximum absolute atomic E-state index is 9.47. The van der Waals surface area contributed by atoms with Gasteiger partial charge in [0, 0.05) is 11.1 Å². The van der Waals surface area contributed by atoms with E-state index in [0.29, 0.717) is 11.1 Å². The van der Waals surface area contributed by atoms with Gasteiger partial charge >= 0.3 is 0 Å². The Bertz CT molecular complexity index is 663. The van der Waals surface area contributed by atoms with E-state index in [0.717, 1.165) is 16.7 Å². The molecule has 2 rings (SSSR count). The van der Waals surface area contributed by atoms with Crippen LogP contribution in [0.3, 0.4) is 0 Å². The lowest BCUT2D eigenvalue weighted by Crippen LogP contribution is -2.31. The zero-order chi connectivity index (χ0) is 14.2. The van der Waals surface area contributed by atoms with E-state index in [4.69, 9.17) is 0 Å². The largest absolute Gasteiger partial charge is 0.193 e. The van der Waals surface area contributed by atoms with E-state index < -0.39 is 8.07 Å². The highest BCUT2D eigenvalue weighted by atomic mass is 28.3. The third kappa shape index (κ3) is 1.93. The number of fused-ring (bicyclic) bond motifs is 1. The first kappa shape index (κ1) is 13.3. The number of allylic oxidation sites excluding steroid dienone is 2. The standard InChI is InChI=1S/C16H16N2Si/c1-5-11-7-6-8-12-15(11)13(9-17)14(10-18)16(12)19(2,3)4/h5-8,16H,1H2,2-4H3. The molecule has 0 fully saturated rings. The lowest BCUT2D eigenvalue weighted by Gasteiger charge is -2.26. The Balaban J connectivity index is 2.85. The van der Waals surface area contributed by atoms with Crippen LogP contribution in [0, 0.1) is 22.7 Å². The monoisotopic (exact) mass is 264 g/mol. The van der Waals surface area contributed by atoms with Gasteiger partial charge in [-0.15, -0.1) is 0 Å². The summed E-state index contributed by atoms with van der Waals surface area (Å²) in [5, 5.41) is 18.9. The molecule has 0 spiro atoms. The Morgan fingerprint density at radius 1 is 1.21 bits per heavy atom. The van der Waals surface area contributed by atoms with Crippen molar-refractivity contribution in [2.24, 2.45) is 0 Å². The van der Waals surface area contributed by atoms with Crippen molar-refractivity contribution in [3.63, 3.8) is 0 Å². The molecule has 3 heteroatoms. The van der Waals surface area contributed by atoms with Crippen molar-refractivity contribution < 1.29 is 0 Å². The number of rotatable bonds is 2. The molecule has 19 heavy (non-hydrogen) atoms. The number of hydrogen-bond donors (Lipinski definition) is 0. The molecule has 0 N–H and O–H groups in total. The van der Waals surface area contributed by atoms with E-state index in [2.05, 4.69) is 38.4 Å². The quantitative estimate of drug-likeness (QED) is 0.755. The first-order valence-electron chi connectivity index (χ1n) is 6.25. The van der Waals surface area contributed by atoms with Crippen LogP contribution in [0.4, 0.5) is 0 Å². The molecule has 1 unspecified atom stereocenters.